The minimum atomic E-state index is -4.55. The molecule has 0 spiro atoms. The lowest BCUT2D eigenvalue weighted by Crippen LogP contribution is -2.07. The van der Waals surface area contributed by atoms with Gasteiger partial charge in [-0.3, -0.25) is 4.68 Å². The average Bonchev–Trinajstić information content (AvgIpc) is 3.15. The zero-order chi connectivity index (χ0) is 19.5. The summed E-state index contributed by atoms with van der Waals surface area (Å²) in [6, 6.07) is 3.82. The van der Waals surface area contributed by atoms with Crippen molar-refractivity contribution >= 4 is 28.2 Å². The highest BCUT2D eigenvalue weighted by atomic mass is 35.5. The number of alkyl halides is 3. The third-order valence-corrected chi connectivity index (χ3v) is 4.72. The summed E-state index contributed by atoms with van der Waals surface area (Å²) in [6.45, 7) is 6.37. The summed E-state index contributed by atoms with van der Waals surface area (Å²) < 4.78 is 43.1. The Hall–Kier alpha value is -2.68. The van der Waals surface area contributed by atoms with Crippen molar-refractivity contribution in [3.63, 3.8) is 0 Å². The molecule has 0 saturated heterocycles. The fraction of sp³-hybridized carbons (Fsp3) is 0.294. The van der Waals surface area contributed by atoms with E-state index in [1.807, 2.05) is 25.5 Å². The molecule has 0 fully saturated rings. The van der Waals surface area contributed by atoms with Gasteiger partial charge in [-0.25, -0.2) is 9.97 Å². The number of hydrogen-bond donors (Lipinski definition) is 0. The smallest absolute Gasteiger partial charge is 0.269 e. The van der Waals surface area contributed by atoms with E-state index in [-0.39, 0.29) is 21.8 Å². The molecule has 10 heteroatoms. The predicted octanol–water partition coefficient (Wildman–Crippen LogP) is 4.45. The Balaban J connectivity index is 2.05. The summed E-state index contributed by atoms with van der Waals surface area (Å²) in [4.78, 5) is 8.40. The molecule has 0 atom stereocenters. The van der Waals surface area contributed by atoms with Gasteiger partial charge in [-0.15, -0.1) is 5.10 Å². The lowest BCUT2D eigenvalue weighted by molar-refractivity contribution is -0.136. The van der Waals surface area contributed by atoms with Crippen LogP contribution in [-0.4, -0.2) is 29.4 Å². The van der Waals surface area contributed by atoms with E-state index < -0.39 is 11.7 Å². The van der Waals surface area contributed by atoms with Crippen molar-refractivity contribution < 1.29 is 13.2 Å². The standard InChI is InChI=1S/C17H14ClF3N6/c1-4-26-9(3)12(8(2)24-26)14-23-15-10-6-5-7-11(17(19,20)21)13(10)22-16(18)27(15)25-14/h5-7H,4H2,1-3H3. The lowest BCUT2D eigenvalue weighted by atomic mass is 10.1. The summed E-state index contributed by atoms with van der Waals surface area (Å²) in [7, 11) is 0. The Labute approximate surface area is 156 Å². The van der Waals surface area contributed by atoms with Crippen LogP contribution in [0.15, 0.2) is 18.2 Å². The highest BCUT2D eigenvalue weighted by Crippen LogP contribution is 2.36. The number of nitrogens with zero attached hydrogens (tertiary/aromatic N) is 6. The molecule has 0 bridgehead atoms. The zero-order valence-electron chi connectivity index (χ0n) is 14.6. The highest BCUT2D eigenvalue weighted by molar-refractivity contribution is 6.29. The van der Waals surface area contributed by atoms with E-state index in [1.54, 1.807) is 0 Å². The van der Waals surface area contributed by atoms with E-state index in [2.05, 4.69) is 20.2 Å². The molecule has 27 heavy (non-hydrogen) atoms. The molecule has 140 valence electrons. The molecule has 0 aliphatic heterocycles. The summed E-state index contributed by atoms with van der Waals surface area (Å²) in [6.07, 6.45) is -4.55. The molecule has 4 aromatic rings. The second kappa shape index (κ2) is 5.91. The maximum atomic E-state index is 13.3. The molecular formula is C17H14ClF3N6. The van der Waals surface area contributed by atoms with Gasteiger partial charge in [0.05, 0.1) is 22.3 Å². The molecule has 0 N–H and O–H groups in total. The first-order chi connectivity index (χ1) is 12.7. The lowest BCUT2D eigenvalue weighted by Gasteiger charge is -2.10. The van der Waals surface area contributed by atoms with Crippen molar-refractivity contribution in [2.45, 2.75) is 33.5 Å². The van der Waals surface area contributed by atoms with Crippen LogP contribution in [0.3, 0.4) is 0 Å². The van der Waals surface area contributed by atoms with Crippen molar-refractivity contribution in [2.24, 2.45) is 0 Å². The van der Waals surface area contributed by atoms with Crippen molar-refractivity contribution in [1.82, 2.24) is 29.4 Å². The van der Waals surface area contributed by atoms with E-state index in [0.717, 1.165) is 23.0 Å². The van der Waals surface area contributed by atoms with Gasteiger partial charge < -0.3 is 0 Å². The Bertz CT molecular complexity index is 1190. The Morgan fingerprint density at radius 3 is 2.48 bits per heavy atom. The Morgan fingerprint density at radius 2 is 1.85 bits per heavy atom. The molecule has 0 aliphatic rings. The predicted molar refractivity (Wildman–Crippen MR) is 94.7 cm³/mol. The number of aromatic nitrogens is 6. The first-order valence-electron chi connectivity index (χ1n) is 8.19. The first-order valence-corrected chi connectivity index (χ1v) is 8.56. The van der Waals surface area contributed by atoms with Crippen LogP contribution in [0.2, 0.25) is 5.28 Å². The van der Waals surface area contributed by atoms with Crippen molar-refractivity contribution in [3.05, 3.63) is 40.4 Å². The van der Waals surface area contributed by atoms with Gasteiger partial charge in [0.15, 0.2) is 11.5 Å². The zero-order valence-corrected chi connectivity index (χ0v) is 15.4. The molecule has 1 aromatic carbocycles. The molecule has 4 rings (SSSR count). The molecule has 3 aromatic heterocycles. The second-order valence-electron chi connectivity index (χ2n) is 6.11. The molecule has 0 unspecified atom stereocenters. The molecular weight excluding hydrogens is 381 g/mol. The summed E-state index contributed by atoms with van der Waals surface area (Å²) in [5, 5.41) is 8.85. The summed E-state index contributed by atoms with van der Waals surface area (Å²) >= 11 is 6.13. The minimum Gasteiger partial charge on any atom is -0.269 e. The molecule has 0 radical (unpaired) electrons. The monoisotopic (exact) mass is 394 g/mol. The van der Waals surface area contributed by atoms with Gasteiger partial charge in [0.2, 0.25) is 5.28 Å². The van der Waals surface area contributed by atoms with Crippen molar-refractivity contribution in [3.8, 4) is 11.4 Å². The number of aryl methyl sites for hydroxylation is 2. The van der Waals surface area contributed by atoms with E-state index in [9.17, 15) is 13.2 Å². The number of benzene rings is 1. The molecule has 3 heterocycles. The average molecular weight is 395 g/mol. The fourth-order valence-corrected chi connectivity index (χ4v) is 3.46. The first kappa shape index (κ1) is 17.7. The molecule has 0 aliphatic carbocycles. The maximum Gasteiger partial charge on any atom is 0.418 e. The van der Waals surface area contributed by atoms with Crippen LogP contribution in [0.25, 0.3) is 27.9 Å². The van der Waals surface area contributed by atoms with Crippen LogP contribution in [0.4, 0.5) is 13.2 Å². The normalized spacial score (nSPS) is 12.4. The minimum absolute atomic E-state index is 0.189. The van der Waals surface area contributed by atoms with Crippen LogP contribution in [0, 0.1) is 13.8 Å². The van der Waals surface area contributed by atoms with Crippen molar-refractivity contribution in [1.29, 1.82) is 0 Å². The molecule has 6 nitrogen and oxygen atoms in total. The van der Waals surface area contributed by atoms with Crippen LogP contribution in [0.5, 0.6) is 0 Å². The number of hydrogen-bond acceptors (Lipinski definition) is 4. The topological polar surface area (TPSA) is 60.9 Å². The van der Waals surface area contributed by atoms with Gasteiger partial charge in [0, 0.05) is 17.6 Å². The number of fused-ring (bicyclic) bond motifs is 3. The van der Waals surface area contributed by atoms with Gasteiger partial charge in [-0.2, -0.15) is 22.8 Å². The van der Waals surface area contributed by atoms with E-state index in [1.165, 1.54) is 16.6 Å². The van der Waals surface area contributed by atoms with Gasteiger partial charge in [0.1, 0.15) is 0 Å². The fourth-order valence-electron chi connectivity index (χ4n) is 3.26. The largest absolute Gasteiger partial charge is 0.418 e. The number of halogens is 4. The van der Waals surface area contributed by atoms with Gasteiger partial charge in [0.25, 0.3) is 0 Å². The quantitative estimate of drug-likeness (QED) is 0.471. The number of rotatable bonds is 2. The second-order valence-corrected chi connectivity index (χ2v) is 6.45. The maximum absolute atomic E-state index is 13.3. The Kier molecular flexibility index (Phi) is 3.88. The van der Waals surface area contributed by atoms with E-state index in [0.29, 0.717) is 12.4 Å². The SMILES string of the molecule is CCn1nc(C)c(-c2nc3c4cccc(C(F)(F)F)c4nc(Cl)n3n2)c1C. The third-order valence-electron chi connectivity index (χ3n) is 4.47. The van der Waals surface area contributed by atoms with Gasteiger partial charge in [-0.05, 0) is 44.5 Å². The van der Waals surface area contributed by atoms with Gasteiger partial charge in [-0.1, -0.05) is 6.07 Å². The van der Waals surface area contributed by atoms with Crippen molar-refractivity contribution in [2.75, 3.05) is 0 Å². The van der Waals surface area contributed by atoms with Crippen LogP contribution in [-0.2, 0) is 12.7 Å². The molecule has 0 saturated carbocycles. The van der Waals surface area contributed by atoms with Gasteiger partial charge >= 0.3 is 6.18 Å². The molecule has 0 amide bonds. The van der Waals surface area contributed by atoms with Crippen LogP contribution >= 0.6 is 11.6 Å². The van der Waals surface area contributed by atoms with E-state index >= 15 is 0 Å². The highest BCUT2D eigenvalue weighted by Gasteiger charge is 2.34. The summed E-state index contributed by atoms with van der Waals surface area (Å²) in [5.41, 5.74) is 1.44. The Morgan fingerprint density at radius 1 is 1.11 bits per heavy atom. The summed E-state index contributed by atoms with van der Waals surface area (Å²) in [5.74, 6) is 0.346. The van der Waals surface area contributed by atoms with Crippen LogP contribution in [0.1, 0.15) is 23.9 Å². The van der Waals surface area contributed by atoms with Crippen LogP contribution < -0.4 is 0 Å². The van der Waals surface area contributed by atoms with E-state index in [4.69, 9.17) is 11.6 Å². The third kappa shape index (κ3) is 2.64. The number of para-hydroxylation sites is 1.